The Labute approximate surface area is 123 Å². The minimum absolute atomic E-state index is 0.142. The molecule has 1 aromatic rings. The fourth-order valence-electron chi connectivity index (χ4n) is 2.45. The molecule has 0 aliphatic carbocycles. The Hall–Kier alpha value is -2.61. The second-order valence-electron chi connectivity index (χ2n) is 4.65. The number of allylic oxidation sites excluding steroid dienone is 1. The number of nitrogens with one attached hydrogen (secondary N) is 1. The number of carbonyl (C=O) groups excluding carboxylic acids is 1. The number of benzene rings is 1. The van der Waals surface area contributed by atoms with Crippen molar-refractivity contribution in [2.75, 3.05) is 6.61 Å². The molecule has 1 aliphatic rings. The lowest BCUT2D eigenvalue weighted by molar-refractivity contribution is -0.139. The third-order valence-electron chi connectivity index (χ3n) is 3.36. The van der Waals surface area contributed by atoms with E-state index in [0.717, 1.165) is 5.56 Å². The van der Waals surface area contributed by atoms with Gasteiger partial charge < -0.3 is 9.47 Å². The summed E-state index contributed by atoms with van der Waals surface area (Å²) in [5.41, 5.74) is 1.10. The lowest BCUT2D eigenvalue weighted by Crippen LogP contribution is -2.33. The van der Waals surface area contributed by atoms with E-state index in [9.17, 15) is 10.1 Å². The molecule has 0 amide bonds. The molecule has 5 nitrogen and oxygen atoms in total. The highest BCUT2D eigenvalue weighted by Crippen LogP contribution is 2.39. The van der Waals surface area contributed by atoms with E-state index in [2.05, 4.69) is 6.07 Å². The van der Waals surface area contributed by atoms with Crippen LogP contribution in [0.2, 0.25) is 0 Å². The van der Waals surface area contributed by atoms with Crippen LogP contribution in [-0.4, -0.2) is 18.5 Å². The van der Waals surface area contributed by atoms with Crippen molar-refractivity contribution in [3.05, 3.63) is 47.2 Å². The van der Waals surface area contributed by atoms with Gasteiger partial charge in [0, 0.05) is 5.92 Å². The number of ether oxygens (including phenoxy) is 2. The summed E-state index contributed by atoms with van der Waals surface area (Å²) in [6, 6.07) is 11.3. The standard InChI is InChI=1S/C16H16N2O3/c1-3-20-16(19)13-10(2)21-15(18)12(9-17)14(13)11-7-5-4-6-8-11/h4-8,12,14,18H,3H2,1-2H3. The minimum atomic E-state index is -0.837. The molecule has 2 rings (SSSR count). The molecule has 0 radical (unpaired) electrons. The number of rotatable bonds is 3. The normalized spacial score (nSPS) is 21.5. The first-order chi connectivity index (χ1) is 10.1. The van der Waals surface area contributed by atoms with Crippen LogP contribution in [-0.2, 0) is 14.3 Å². The van der Waals surface area contributed by atoms with Gasteiger partial charge in [0.05, 0.1) is 18.2 Å². The van der Waals surface area contributed by atoms with Crippen molar-refractivity contribution in [1.82, 2.24) is 0 Å². The largest absolute Gasteiger partial charge is 0.463 e. The predicted molar refractivity (Wildman–Crippen MR) is 76.4 cm³/mol. The molecular formula is C16H16N2O3. The summed E-state index contributed by atoms with van der Waals surface area (Å²) in [5, 5.41) is 17.2. The fourth-order valence-corrected chi connectivity index (χ4v) is 2.45. The topological polar surface area (TPSA) is 83.2 Å². The lowest BCUT2D eigenvalue weighted by Gasteiger charge is -2.30. The van der Waals surface area contributed by atoms with Crippen LogP contribution in [0.3, 0.4) is 0 Å². The molecule has 1 N–H and O–H groups in total. The number of carbonyl (C=O) groups is 1. The number of hydrogen-bond donors (Lipinski definition) is 1. The Morgan fingerprint density at radius 1 is 1.43 bits per heavy atom. The van der Waals surface area contributed by atoms with Gasteiger partial charge in [-0.05, 0) is 19.4 Å². The van der Waals surface area contributed by atoms with Crippen LogP contribution in [0.25, 0.3) is 0 Å². The van der Waals surface area contributed by atoms with Crippen molar-refractivity contribution >= 4 is 11.9 Å². The van der Waals surface area contributed by atoms with Crippen LogP contribution in [0.15, 0.2) is 41.7 Å². The number of esters is 1. The van der Waals surface area contributed by atoms with Crippen LogP contribution in [0.1, 0.15) is 25.3 Å². The van der Waals surface area contributed by atoms with E-state index in [1.165, 1.54) is 0 Å². The maximum atomic E-state index is 12.2. The van der Waals surface area contributed by atoms with Gasteiger partial charge in [0.1, 0.15) is 11.7 Å². The van der Waals surface area contributed by atoms with E-state index >= 15 is 0 Å². The van der Waals surface area contributed by atoms with Gasteiger partial charge in [0.25, 0.3) is 0 Å². The molecule has 21 heavy (non-hydrogen) atoms. The summed E-state index contributed by atoms with van der Waals surface area (Å²) >= 11 is 0. The molecule has 0 aromatic heterocycles. The Balaban J connectivity index is 2.56. The van der Waals surface area contributed by atoms with E-state index in [1.54, 1.807) is 13.8 Å². The fraction of sp³-hybridized carbons (Fsp3) is 0.312. The molecular weight excluding hydrogens is 268 g/mol. The van der Waals surface area contributed by atoms with Gasteiger partial charge in [-0.2, -0.15) is 5.26 Å². The number of nitrogens with zero attached hydrogens (tertiary/aromatic N) is 1. The van der Waals surface area contributed by atoms with Gasteiger partial charge in [-0.1, -0.05) is 30.3 Å². The monoisotopic (exact) mass is 284 g/mol. The van der Waals surface area contributed by atoms with E-state index in [-0.39, 0.29) is 12.5 Å². The molecule has 0 saturated heterocycles. The van der Waals surface area contributed by atoms with Crippen LogP contribution < -0.4 is 0 Å². The van der Waals surface area contributed by atoms with Crippen molar-refractivity contribution in [1.29, 1.82) is 10.7 Å². The van der Waals surface area contributed by atoms with Crippen molar-refractivity contribution in [3.8, 4) is 6.07 Å². The zero-order valence-corrected chi connectivity index (χ0v) is 11.9. The summed E-state index contributed by atoms with van der Waals surface area (Å²) in [6.07, 6.45) is 0. The first-order valence-electron chi connectivity index (χ1n) is 6.68. The molecule has 0 saturated carbocycles. The molecule has 1 heterocycles. The quantitative estimate of drug-likeness (QED) is 0.865. The molecule has 5 heteroatoms. The van der Waals surface area contributed by atoms with E-state index in [1.807, 2.05) is 30.3 Å². The predicted octanol–water partition coefficient (Wildman–Crippen LogP) is 2.75. The molecule has 108 valence electrons. The van der Waals surface area contributed by atoms with E-state index < -0.39 is 17.8 Å². The van der Waals surface area contributed by atoms with E-state index in [4.69, 9.17) is 14.9 Å². The molecule has 1 aromatic carbocycles. The summed E-state index contributed by atoms with van der Waals surface area (Å²) in [5.74, 6) is -1.71. The van der Waals surface area contributed by atoms with Crippen LogP contribution in [0, 0.1) is 22.7 Å². The highest BCUT2D eigenvalue weighted by molar-refractivity contribution is 5.95. The molecule has 0 fully saturated rings. The Kier molecular flexibility index (Phi) is 4.39. The van der Waals surface area contributed by atoms with Crippen molar-refractivity contribution in [2.45, 2.75) is 19.8 Å². The maximum Gasteiger partial charge on any atom is 0.338 e. The third kappa shape index (κ3) is 2.79. The summed E-state index contributed by atoms with van der Waals surface area (Å²) in [4.78, 5) is 12.2. The van der Waals surface area contributed by atoms with Gasteiger partial charge in [-0.25, -0.2) is 4.79 Å². The maximum absolute atomic E-state index is 12.2. The van der Waals surface area contributed by atoms with Crippen molar-refractivity contribution < 1.29 is 14.3 Å². The summed E-state index contributed by atoms with van der Waals surface area (Å²) in [6.45, 7) is 3.58. The van der Waals surface area contributed by atoms with Crippen molar-refractivity contribution in [2.24, 2.45) is 5.92 Å². The van der Waals surface area contributed by atoms with Crippen LogP contribution in [0.4, 0.5) is 0 Å². The van der Waals surface area contributed by atoms with Crippen LogP contribution in [0.5, 0.6) is 0 Å². The number of nitriles is 1. The second kappa shape index (κ2) is 6.23. The van der Waals surface area contributed by atoms with Gasteiger partial charge in [0.2, 0.25) is 5.90 Å². The van der Waals surface area contributed by atoms with Crippen molar-refractivity contribution in [3.63, 3.8) is 0 Å². The SMILES string of the molecule is CCOC(=O)C1=C(C)OC(=N)C(C#N)C1c1ccccc1. The highest BCUT2D eigenvalue weighted by atomic mass is 16.5. The average molecular weight is 284 g/mol. The molecule has 2 unspecified atom stereocenters. The van der Waals surface area contributed by atoms with E-state index in [0.29, 0.717) is 11.3 Å². The zero-order chi connectivity index (χ0) is 15.4. The third-order valence-corrected chi connectivity index (χ3v) is 3.36. The Bertz CT molecular complexity index is 629. The van der Waals surface area contributed by atoms with Crippen LogP contribution >= 0.6 is 0 Å². The zero-order valence-electron chi connectivity index (χ0n) is 11.9. The molecule has 0 bridgehead atoms. The number of hydrogen-bond acceptors (Lipinski definition) is 5. The van der Waals surface area contributed by atoms with Gasteiger partial charge in [0.15, 0.2) is 0 Å². The minimum Gasteiger partial charge on any atom is -0.463 e. The first-order valence-corrected chi connectivity index (χ1v) is 6.68. The summed E-state index contributed by atoms with van der Waals surface area (Å²) < 4.78 is 10.3. The first kappa shape index (κ1) is 14.8. The van der Waals surface area contributed by atoms with Gasteiger partial charge in [-0.15, -0.1) is 0 Å². The average Bonchev–Trinajstić information content (AvgIpc) is 2.47. The lowest BCUT2D eigenvalue weighted by atomic mass is 9.79. The Morgan fingerprint density at radius 3 is 2.67 bits per heavy atom. The van der Waals surface area contributed by atoms with Gasteiger partial charge >= 0.3 is 5.97 Å². The molecule has 0 spiro atoms. The smallest absolute Gasteiger partial charge is 0.338 e. The molecule has 1 aliphatic heterocycles. The molecule has 2 atom stereocenters. The summed E-state index contributed by atoms with van der Waals surface area (Å²) in [7, 11) is 0. The second-order valence-corrected chi connectivity index (χ2v) is 4.65. The Morgan fingerprint density at radius 2 is 2.10 bits per heavy atom. The van der Waals surface area contributed by atoms with Gasteiger partial charge in [-0.3, -0.25) is 5.41 Å². The highest BCUT2D eigenvalue weighted by Gasteiger charge is 2.41.